The van der Waals surface area contributed by atoms with Gasteiger partial charge in [-0.2, -0.15) is 0 Å². The number of methoxy groups -OCH3 is 1. The maximum atomic E-state index is 13.2. The van der Waals surface area contributed by atoms with E-state index in [-0.39, 0.29) is 17.8 Å². The molecule has 1 aliphatic heterocycles. The van der Waals surface area contributed by atoms with Crippen LogP contribution in [0.15, 0.2) is 34.8 Å². The molecule has 0 amide bonds. The van der Waals surface area contributed by atoms with Gasteiger partial charge in [-0.05, 0) is 42.0 Å². The van der Waals surface area contributed by atoms with Gasteiger partial charge in [0.2, 0.25) is 0 Å². The van der Waals surface area contributed by atoms with Crippen molar-refractivity contribution in [1.29, 1.82) is 0 Å². The first-order valence-electron chi connectivity index (χ1n) is 7.49. The lowest BCUT2D eigenvalue weighted by atomic mass is 9.89. The second kappa shape index (κ2) is 7.64. The van der Waals surface area contributed by atoms with Crippen LogP contribution in [0.4, 0.5) is 4.39 Å². The molecule has 2 unspecified atom stereocenters. The van der Waals surface area contributed by atoms with E-state index in [1.165, 1.54) is 31.0 Å². The second-order valence-electron chi connectivity index (χ2n) is 5.38. The van der Waals surface area contributed by atoms with Crippen molar-refractivity contribution < 1.29 is 13.9 Å². The minimum atomic E-state index is -0.411. The summed E-state index contributed by atoms with van der Waals surface area (Å²) >= 11 is 1.48. The number of aliphatic imine (C=N–C) groups is 1. The molecule has 0 saturated carbocycles. The lowest BCUT2D eigenvalue weighted by molar-refractivity contribution is -0.136. The fourth-order valence-electron chi connectivity index (χ4n) is 2.46. The summed E-state index contributed by atoms with van der Waals surface area (Å²) in [5, 5.41) is 3.92. The lowest BCUT2D eigenvalue weighted by Gasteiger charge is -2.29. The molecule has 0 saturated heterocycles. The number of hydrogen-bond donors (Lipinski definition) is 1. The number of nitrogens with one attached hydrogen (secondary N) is 1. The number of amidine groups is 1. The lowest BCUT2D eigenvalue weighted by Crippen LogP contribution is -2.36. The SMILES string of the molecule is CCC(C)C1N=C(SC)NC(c2ccc(F)cc2)=C1C(=O)OC. The second-order valence-corrected chi connectivity index (χ2v) is 6.18. The third-order valence-electron chi connectivity index (χ3n) is 3.97. The highest BCUT2D eigenvalue weighted by molar-refractivity contribution is 8.13. The minimum absolute atomic E-state index is 0.184. The quantitative estimate of drug-likeness (QED) is 0.856. The molecular formula is C17H21FN2O2S. The summed E-state index contributed by atoms with van der Waals surface area (Å²) in [6, 6.07) is 5.77. The summed E-state index contributed by atoms with van der Waals surface area (Å²) in [7, 11) is 1.36. The monoisotopic (exact) mass is 336 g/mol. The Morgan fingerprint density at radius 3 is 2.61 bits per heavy atom. The van der Waals surface area contributed by atoms with Gasteiger partial charge in [-0.15, -0.1) is 0 Å². The Morgan fingerprint density at radius 1 is 1.43 bits per heavy atom. The molecule has 2 rings (SSSR count). The number of hydrogen-bond acceptors (Lipinski definition) is 5. The van der Waals surface area contributed by atoms with Gasteiger partial charge in [0.05, 0.1) is 24.4 Å². The third kappa shape index (κ3) is 3.75. The van der Waals surface area contributed by atoms with Crippen LogP contribution >= 0.6 is 11.8 Å². The molecule has 0 aliphatic carbocycles. The zero-order valence-electron chi connectivity index (χ0n) is 13.7. The van der Waals surface area contributed by atoms with Gasteiger partial charge in [0.1, 0.15) is 5.82 Å². The van der Waals surface area contributed by atoms with E-state index in [0.717, 1.165) is 17.2 Å². The first-order valence-corrected chi connectivity index (χ1v) is 8.71. The highest BCUT2D eigenvalue weighted by atomic mass is 32.2. The summed E-state index contributed by atoms with van der Waals surface area (Å²) in [5.41, 5.74) is 1.87. The number of carbonyl (C=O) groups is 1. The molecule has 0 fully saturated rings. The summed E-state index contributed by atoms with van der Waals surface area (Å²) in [6.07, 6.45) is 2.80. The van der Waals surface area contributed by atoms with Crippen molar-refractivity contribution in [2.24, 2.45) is 10.9 Å². The average molecular weight is 336 g/mol. The summed E-state index contributed by atoms with van der Waals surface area (Å²) in [5.74, 6) is -0.545. The molecule has 2 atom stereocenters. The molecule has 1 heterocycles. The van der Waals surface area contributed by atoms with Crippen molar-refractivity contribution in [3.8, 4) is 0 Å². The van der Waals surface area contributed by atoms with E-state index in [1.54, 1.807) is 12.1 Å². The third-order valence-corrected chi connectivity index (χ3v) is 4.56. The molecule has 1 aliphatic rings. The van der Waals surface area contributed by atoms with Gasteiger partial charge in [0.25, 0.3) is 0 Å². The summed E-state index contributed by atoms with van der Waals surface area (Å²) in [4.78, 5) is 17.0. The van der Waals surface area contributed by atoms with E-state index in [4.69, 9.17) is 4.74 Å². The first-order chi connectivity index (χ1) is 11.0. The zero-order chi connectivity index (χ0) is 17.0. The number of benzene rings is 1. The zero-order valence-corrected chi connectivity index (χ0v) is 14.5. The van der Waals surface area contributed by atoms with E-state index >= 15 is 0 Å². The van der Waals surface area contributed by atoms with Crippen LogP contribution in [-0.4, -0.2) is 30.5 Å². The van der Waals surface area contributed by atoms with Gasteiger partial charge in [-0.3, -0.25) is 4.99 Å². The van der Waals surface area contributed by atoms with Crippen molar-refractivity contribution in [1.82, 2.24) is 5.32 Å². The maximum Gasteiger partial charge on any atom is 0.338 e. The Bertz CT molecular complexity index is 640. The predicted molar refractivity (Wildman–Crippen MR) is 92.7 cm³/mol. The topological polar surface area (TPSA) is 50.7 Å². The van der Waals surface area contributed by atoms with Crippen molar-refractivity contribution in [3.05, 3.63) is 41.2 Å². The Morgan fingerprint density at radius 2 is 2.09 bits per heavy atom. The van der Waals surface area contributed by atoms with E-state index in [2.05, 4.69) is 24.2 Å². The molecule has 0 aromatic heterocycles. The van der Waals surface area contributed by atoms with Crippen LogP contribution < -0.4 is 5.32 Å². The summed E-state index contributed by atoms with van der Waals surface area (Å²) in [6.45, 7) is 4.12. The molecule has 0 radical (unpaired) electrons. The number of ether oxygens (including phenoxy) is 1. The fourth-order valence-corrected chi connectivity index (χ4v) is 2.88. The standard InChI is InChI=1S/C17H21FN2O2S/c1-5-10(2)14-13(16(21)22-3)15(20-17(19-14)23-4)11-6-8-12(18)9-7-11/h6-10,14H,5H2,1-4H3,(H,19,20). The maximum absolute atomic E-state index is 13.2. The van der Waals surface area contributed by atoms with Crippen LogP contribution in [0.5, 0.6) is 0 Å². The number of esters is 1. The Labute approximate surface area is 140 Å². The Kier molecular flexibility index (Phi) is 5.82. The van der Waals surface area contributed by atoms with Crippen molar-refractivity contribution in [3.63, 3.8) is 0 Å². The number of halogens is 1. The van der Waals surface area contributed by atoms with Crippen LogP contribution in [0.25, 0.3) is 5.70 Å². The number of nitrogens with zero attached hydrogens (tertiary/aromatic N) is 1. The van der Waals surface area contributed by atoms with Crippen molar-refractivity contribution in [2.45, 2.75) is 26.3 Å². The van der Waals surface area contributed by atoms with Gasteiger partial charge < -0.3 is 10.1 Å². The van der Waals surface area contributed by atoms with E-state index < -0.39 is 5.97 Å². The van der Waals surface area contributed by atoms with Gasteiger partial charge in [-0.25, -0.2) is 9.18 Å². The van der Waals surface area contributed by atoms with E-state index in [0.29, 0.717) is 11.3 Å². The highest BCUT2D eigenvalue weighted by Gasteiger charge is 2.33. The molecule has 0 bridgehead atoms. The minimum Gasteiger partial charge on any atom is -0.466 e. The Balaban J connectivity index is 2.59. The highest BCUT2D eigenvalue weighted by Crippen LogP contribution is 2.31. The van der Waals surface area contributed by atoms with Gasteiger partial charge in [0.15, 0.2) is 5.17 Å². The molecule has 1 aromatic carbocycles. The molecule has 4 nitrogen and oxygen atoms in total. The predicted octanol–water partition coefficient (Wildman–Crippen LogP) is 3.45. The molecule has 23 heavy (non-hydrogen) atoms. The van der Waals surface area contributed by atoms with Crippen LogP contribution in [0.3, 0.4) is 0 Å². The number of carbonyl (C=O) groups excluding carboxylic acids is 1. The van der Waals surface area contributed by atoms with Crippen LogP contribution in [-0.2, 0) is 9.53 Å². The van der Waals surface area contributed by atoms with Gasteiger partial charge in [0, 0.05) is 0 Å². The molecule has 6 heteroatoms. The van der Waals surface area contributed by atoms with Crippen molar-refractivity contribution >= 4 is 28.6 Å². The van der Waals surface area contributed by atoms with Crippen LogP contribution in [0.1, 0.15) is 25.8 Å². The number of thioether (sulfide) groups is 1. The van der Waals surface area contributed by atoms with Crippen LogP contribution in [0, 0.1) is 11.7 Å². The van der Waals surface area contributed by atoms with Gasteiger partial charge >= 0.3 is 5.97 Å². The summed E-state index contributed by atoms with van der Waals surface area (Å²) < 4.78 is 18.2. The fraction of sp³-hybridized carbons (Fsp3) is 0.412. The largest absolute Gasteiger partial charge is 0.466 e. The molecule has 0 spiro atoms. The van der Waals surface area contributed by atoms with Crippen LogP contribution in [0.2, 0.25) is 0 Å². The number of rotatable bonds is 4. The van der Waals surface area contributed by atoms with E-state index in [1.807, 2.05) is 6.26 Å². The molecular weight excluding hydrogens is 315 g/mol. The smallest absolute Gasteiger partial charge is 0.338 e. The van der Waals surface area contributed by atoms with E-state index in [9.17, 15) is 9.18 Å². The average Bonchev–Trinajstić information content (AvgIpc) is 2.59. The first kappa shape index (κ1) is 17.5. The Hall–Kier alpha value is -1.82. The molecule has 1 N–H and O–H groups in total. The normalized spacial score (nSPS) is 19.0. The van der Waals surface area contributed by atoms with Gasteiger partial charge in [-0.1, -0.05) is 32.0 Å². The van der Waals surface area contributed by atoms with Crippen molar-refractivity contribution in [2.75, 3.05) is 13.4 Å². The molecule has 1 aromatic rings. The molecule has 124 valence electrons.